The van der Waals surface area contributed by atoms with E-state index >= 15 is 0 Å². The number of rotatable bonds is 9. The van der Waals surface area contributed by atoms with Gasteiger partial charge in [0.2, 0.25) is 5.91 Å². The summed E-state index contributed by atoms with van der Waals surface area (Å²) in [5, 5.41) is 4.56. The van der Waals surface area contributed by atoms with Crippen molar-refractivity contribution in [3.05, 3.63) is 41.8 Å². The van der Waals surface area contributed by atoms with Crippen LogP contribution < -0.4 is 0 Å². The Bertz CT molecular complexity index is 902. The van der Waals surface area contributed by atoms with Crippen LogP contribution in [0.15, 0.2) is 30.3 Å². The molecule has 1 amide bonds. The van der Waals surface area contributed by atoms with E-state index in [4.69, 9.17) is 4.74 Å². The van der Waals surface area contributed by atoms with Gasteiger partial charge in [-0.3, -0.25) is 9.48 Å². The number of carbonyl (C=O) groups excluding carboxylic acids is 2. The minimum Gasteiger partial charge on any atom is -0.461 e. The molecule has 2 heterocycles. The molecule has 1 saturated heterocycles. The smallest absolute Gasteiger partial charge is 0.358 e. The summed E-state index contributed by atoms with van der Waals surface area (Å²) in [6.45, 7) is 7.60. The molecule has 0 N–H and O–H groups in total. The number of amides is 1. The van der Waals surface area contributed by atoms with Crippen LogP contribution in [-0.4, -0.2) is 46.3 Å². The standard InChI is InChI=1S/C25H34FN3O3/c1-4-7-8-18(5-2)24(30)28-15-13-21(14-16-28)29-23(19-9-11-20(26)12-10-19)17-22(27-29)25(31)32-6-3/h9-12,17-18,21H,4-8,13-16H2,1-3H3/t18-/m0/s1. The maximum absolute atomic E-state index is 13.4. The van der Waals surface area contributed by atoms with Crippen molar-refractivity contribution < 1.29 is 18.7 Å². The van der Waals surface area contributed by atoms with Gasteiger partial charge in [-0.1, -0.05) is 26.7 Å². The van der Waals surface area contributed by atoms with Gasteiger partial charge in [-0.2, -0.15) is 5.10 Å². The normalized spacial score (nSPS) is 15.6. The van der Waals surface area contributed by atoms with Gasteiger partial charge in [0.25, 0.3) is 0 Å². The third-order valence-electron chi connectivity index (χ3n) is 6.23. The summed E-state index contributed by atoms with van der Waals surface area (Å²) in [7, 11) is 0. The Kier molecular flexibility index (Phi) is 8.42. The first kappa shape index (κ1) is 24.0. The monoisotopic (exact) mass is 443 g/mol. The van der Waals surface area contributed by atoms with E-state index in [0.29, 0.717) is 13.1 Å². The van der Waals surface area contributed by atoms with Crippen molar-refractivity contribution in [2.45, 2.75) is 65.3 Å². The quantitative estimate of drug-likeness (QED) is 0.497. The molecule has 1 atom stereocenters. The Morgan fingerprint density at radius 1 is 1.16 bits per heavy atom. The molecule has 1 aromatic carbocycles. The molecule has 32 heavy (non-hydrogen) atoms. The van der Waals surface area contributed by atoms with Gasteiger partial charge in [0.1, 0.15) is 5.82 Å². The zero-order valence-electron chi connectivity index (χ0n) is 19.3. The number of nitrogens with zero attached hydrogens (tertiary/aromatic N) is 3. The SMILES string of the molecule is CCCC[C@H](CC)C(=O)N1CCC(n2nc(C(=O)OCC)cc2-c2ccc(F)cc2)CC1. The molecule has 0 bridgehead atoms. The van der Waals surface area contributed by atoms with Gasteiger partial charge in [-0.15, -0.1) is 0 Å². The maximum atomic E-state index is 13.4. The molecule has 6 nitrogen and oxygen atoms in total. The average molecular weight is 444 g/mol. The lowest BCUT2D eigenvalue weighted by Gasteiger charge is -2.34. The van der Waals surface area contributed by atoms with Crippen LogP contribution >= 0.6 is 0 Å². The van der Waals surface area contributed by atoms with E-state index in [0.717, 1.165) is 49.8 Å². The number of ether oxygens (including phenoxy) is 1. The van der Waals surface area contributed by atoms with Crippen LogP contribution in [0.2, 0.25) is 0 Å². The fourth-order valence-corrected chi connectivity index (χ4v) is 4.36. The fraction of sp³-hybridized carbons (Fsp3) is 0.560. The first-order valence-corrected chi connectivity index (χ1v) is 11.8. The summed E-state index contributed by atoms with van der Waals surface area (Å²) >= 11 is 0. The number of halogens is 1. The van der Waals surface area contributed by atoms with Crippen LogP contribution in [0.5, 0.6) is 0 Å². The highest BCUT2D eigenvalue weighted by atomic mass is 19.1. The van der Waals surface area contributed by atoms with Crippen molar-refractivity contribution in [2.75, 3.05) is 19.7 Å². The number of esters is 1. The van der Waals surface area contributed by atoms with Crippen LogP contribution in [0.4, 0.5) is 4.39 Å². The van der Waals surface area contributed by atoms with Gasteiger partial charge in [-0.25, -0.2) is 9.18 Å². The lowest BCUT2D eigenvalue weighted by molar-refractivity contribution is -0.137. The third-order valence-corrected chi connectivity index (χ3v) is 6.23. The molecule has 0 aliphatic carbocycles. The van der Waals surface area contributed by atoms with Crippen molar-refractivity contribution in [2.24, 2.45) is 5.92 Å². The van der Waals surface area contributed by atoms with E-state index in [1.165, 1.54) is 12.1 Å². The Morgan fingerprint density at radius 3 is 2.44 bits per heavy atom. The number of unbranched alkanes of at least 4 members (excludes halogenated alkanes) is 1. The molecule has 0 radical (unpaired) electrons. The summed E-state index contributed by atoms with van der Waals surface area (Å²) in [6, 6.07) is 7.95. The second-order valence-electron chi connectivity index (χ2n) is 8.39. The molecule has 0 spiro atoms. The Balaban J connectivity index is 1.78. The summed E-state index contributed by atoms with van der Waals surface area (Å²) in [5.74, 6) is -0.429. The van der Waals surface area contributed by atoms with Gasteiger partial charge >= 0.3 is 5.97 Å². The first-order chi connectivity index (χ1) is 15.5. The fourth-order valence-electron chi connectivity index (χ4n) is 4.36. The molecule has 1 aromatic heterocycles. The number of likely N-dealkylation sites (tertiary alicyclic amines) is 1. The second kappa shape index (κ2) is 11.2. The topological polar surface area (TPSA) is 64.4 Å². The molecule has 3 rings (SSSR count). The molecule has 174 valence electrons. The van der Waals surface area contributed by atoms with Crippen molar-refractivity contribution in [3.8, 4) is 11.3 Å². The van der Waals surface area contributed by atoms with Gasteiger partial charge in [0.05, 0.1) is 18.3 Å². The molecular formula is C25H34FN3O3. The second-order valence-corrected chi connectivity index (χ2v) is 8.39. The van der Waals surface area contributed by atoms with E-state index in [1.807, 2.05) is 9.58 Å². The van der Waals surface area contributed by atoms with E-state index in [1.54, 1.807) is 25.1 Å². The van der Waals surface area contributed by atoms with Gasteiger partial charge in [0, 0.05) is 24.6 Å². The molecule has 0 unspecified atom stereocenters. The number of benzene rings is 1. The van der Waals surface area contributed by atoms with Gasteiger partial charge in [0.15, 0.2) is 5.69 Å². The van der Waals surface area contributed by atoms with Crippen molar-refractivity contribution in [3.63, 3.8) is 0 Å². The predicted octanol–water partition coefficient (Wildman–Crippen LogP) is 5.25. The van der Waals surface area contributed by atoms with Gasteiger partial charge < -0.3 is 9.64 Å². The molecule has 1 aliphatic heterocycles. The highest BCUT2D eigenvalue weighted by Crippen LogP contribution is 2.31. The van der Waals surface area contributed by atoms with Crippen molar-refractivity contribution >= 4 is 11.9 Å². The molecular weight excluding hydrogens is 409 g/mol. The Hall–Kier alpha value is -2.70. The van der Waals surface area contributed by atoms with E-state index in [9.17, 15) is 14.0 Å². The average Bonchev–Trinajstić information content (AvgIpc) is 3.26. The van der Waals surface area contributed by atoms with Crippen molar-refractivity contribution in [1.82, 2.24) is 14.7 Å². The first-order valence-electron chi connectivity index (χ1n) is 11.8. The molecule has 1 fully saturated rings. The van der Waals surface area contributed by atoms with Crippen LogP contribution in [0.25, 0.3) is 11.3 Å². The third kappa shape index (κ3) is 5.56. The summed E-state index contributed by atoms with van der Waals surface area (Å²) in [6.07, 6.45) is 5.51. The highest BCUT2D eigenvalue weighted by Gasteiger charge is 2.30. The maximum Gasteiger partial charge on any atom is 0.358 e. The summed E-state index contributed by atoms with van der Waals surface area (Å²) < 4.78 is 20.4. The Morgan fingerprint density at radius 2 is 1.84 bits per heavy atom. The van der Waals surface area contributed by atoms with Crippen LogP contribution in [0.3, 0.4) is 0 Å². The highest BCUT2D eigenvalue weighted by molar-refractivity contribution is 5.88. The van der Waals surface area contributed by atoms with Crippen LogP contribution in [0.1, 0.15) is 75.8 Å². The van der Waals surface area contributed by atoms with Crippen LogP contribution in [0, 0.1) is 11.7 Å². The minimum absolute atomic E-state index is 0.0537. The van der Waals surface area contributed by atoms with Crippen molar-refractivity contribution in [1.29, 1.82) is 0 Å². The zero-order valence-corrected chi connectivity index (χ0v) is 19.3. The molecule has 7 heteroatoms. The van der Waals surface area contributed by atoms with E-state index < -0.39 is 5.97 Å². The predicted molar refractivity (Wildman–Crippen MR) is 122 cm³/mol. The number of hydrogen-bond donors (Lipinski definition) is 0. The number of carbonyl (C=O) groups is 2. The number of piperidine rings is 1. The molecule has 2 aromatic rings. The molecule has 1 aliphatic rings. The zero-order chi connectivity index (χ0) is 23.1. The van der Waals surface area contributed by atoms with E-state index in [-0.39, 0.29) is 36.0 Å². The lowest BCUT2D eigenvalue weighted by Crippen LogP contribution is -2.42. The molecule has 0 saturated carbocycles. The van der Waals surface area contributed by atoms with Crippen LogP contribution in [-0.2, 0) is 9.53 Å². The lowest BCUT2D eigenvalue weighted by atomic mass is 9.95. The van der Waals surface area contributed by atoms with Gasteiger partial charge in [-0.05, 0) is 62.9 Å². The largest absolute Gasteiger partial charge is 0.461 e. The number of aromatic nitrogens is 2. The Labute approximate surface area is 189 Å². The summed E-state index contributed by atoms with van der Waals surface area (Å²) in [4.78, 5) is 27.3. The van der Waals surface area contributed by atoms with E-state index in [2.05, 4.69) is 18.9 Å². The number of hydrogen-bond acceptors (Lipinski definition) is 4. The summed E-state index contributed by atoms with van der Waals surface area (Å²) in [5.41, 5.74) is 1.79. The minimum atomic E-state index is -0.469.